The number of ether oxygens (including phenoxy) is 1. The van der Waals surface area contributed by atoms with Gasteiger partial charge in [-0.1, -0.05) is 23.7 Å². The average molecular weight is 398 g/mol. The number of aromatic nitrogens is 2. The SMILES string of the molecule is CCn1nccc1CN(C)C(=O)c1ccc(COc2ccc(Cl)c(C)c2)cc1. The predicted molar refractivity (Wildman–Crippen MR) is 111 cm³/mol. The Balaban J connectivity index is 1.59. The van der Waals surface area contributed by atoms with Gasteiger partial charge < -0.3 is 9.64 Å². The second-order valence-corrected chi connectivity index (χ2v) is 7.10. The van der Waals surface area contributed by atoms with Crippen LogP contribution in [0, 0.1) is 6.92 Å². The summed E-state index contributed by atoms with van der Waals surface area (Å²) in [6.07, 6.45) is 1.76. The van der Waals surface area contributed by atoms with Gasteiger partial charge in [0.1, 0.15) is 12.4 Å². The van der Waals surface area contributed by atoms with Gasteiger partial charge in [-0.2, -0.15) is 5.10 Å². The minimum atomic E-state index is -0.0235. The first-order chi connectivity index (χ1) is 13.5. The zero-order valence-corrected chi connectivity index (χ0v) is 17.1. The minimum Gasteiger partial charge on any atom is -0.489 e. The largest absolute Gasteiger partial charge is 0.489 e. The van der Waals surface area contributed by atoms with E-state index in [1.165, 1.54) is 0 Å². The van der Waals surface area contributed by atoms with Gasteiger partial charge in [-0.3, -0.25) is 9.48 Å². The van der Waals surface area contributed by atoms with Gasteiger partial charge in [0.05, 0.1) is 12.2 Å². The van der Waals surface area contributed by atoms with Crippen molar-refractivity contribution in [2.75, 3.05) is 7.05 Å². The maximum Gasteiger partial charge on any atom is 0.253 e. The number of hydrogen-bond acceptors (Lipinski definition) is 3. The molecule has 3 aromatic rings. The van der Waals surface area contributed by atoms with Crippen LogP contribution in [0.4, 0.5) is 0 Å². The Bertz CT molecular complexity index is 951. The lowest BCUT2D eigenvalue weighted by molar-refractivity contribution is 0.0781. The van der Waals surface area contributed by atoms with E-state index in [-0.39, 0.29) is 5.91 Å². The third-order valence-corrected chi connectivity index (χ3v) is 5.01. The topological polar surface area (TPSA) is 47.4 Å². The summed E-state index contributed by atoms with van der Waals surface area (Å²) < 4.78 is 7.70. The van der Waals surface area contributed by atoms with E-state index in [1.54, 1.807) is 18.1 Å². The van der Waals surface area contributed by atoms with Gasteiger partial charge in [0.15, 0.2) is 0 Å². The van der Waals surface area contributed by atoms with Gasteiger partial charge in [0.2, 0.25) is 0 Å². The summed E-state index contributed by atoms with van der Waals surface area (Å²) in [4.78, 5) is 14.4. The van der Waals surface area contributed by atoms with Crippen LogP contribution >= 0.6 is 11.6 Å². The van der Waals surface area contributed by atoms with Crippen LogP contribution in [-0.4, -0.2) is 27.6 Å². The van der Waals surface area contributed by atoms with Crippen LogP contribution in [0.25, 0.3) is 0 Å². The molecule has 0 N–H and O–H groups in total. The monoisotopic (exact) mass is 397 g/mol. The Labute approximate surface area is 170 Å². The van der Waals surface area contributed by atoms with Crippen LogP contribution in [0.15, 0.2) is 54.7 Å². The summed E-state index contributed by atoms with van der Waals surface area (Å²) in [5.41, 5.74) is 3.64. The first kappa shape index (κ1) is 20.0. The van der Waals surface area contributed by atoms with Gasteiger partial charge in [-0.15, -0.1) is 0 Å². The standard InChI is InChI=1S/C22H24ClN3O2/c1-4-26-19(11-12-24-26)14-25(3)22(27)18-7-5-17(6-8-18)15-28-20-9-10-21(23)16(2)13-20/h5-13H,4,14-15H2,1-3H3. The van der Waals surface area contributed by atoms with Crippen molar-refractivity contribution in [1.29, 1.82) is 0 Å². The molecule has 0 bridgehead atoms. The molecule has 1 heterocycles. The minimum absolute atomic E-state index is 0.0235. The molecule has 0 unspecified atom stereocenters. The van der Waals surface area contributed by atoms with E-state index in [0.717, 1.165) is 34.1 Å². The number of hydrogen-bond donors (Lipinski definition) is 0. The lowest BCUT2D eigenvalue weighted by atomic mass is 10.1. The lowest BCUT2D eigenvalue weighted by Crippen LogP contribution is -2.27. The molecule has 1 amide bonds. The molecule has 0 saturated heterocycles. The normalized spacial score (nSPS) is 10.7. The van der Waals surface area contributed by atoms with Crippen molar-refractivity contribution >= 4 is 17.5 Å². The molecule has 0 aliphatic heterocycles. The summed E-state index contributed by atoms with van der Waals surface area (Å²) in [6, 6.07) is 15.0. The van der Waals surface area contributed by atoms with Crippen molar-refractivity contribution in [3.8, 4) is 5.75 Å². The van der Waals surface area contributed by atoms with Crippen molar-refractivity contribution < 1.29 is 9.53 Å². The lowest BCUT2D eigenvalue weighted by Gasteiger charge is -2.18. The second kappa shape index (κ2) is 8.93. The molecule has 0 fully saturated rings. The van der Waals surface area contributed by atoms with E-state index < -0.39 is 0 Å². The first-order valence-electron chi connectivity index (χ1n) is 9.22. The maximum atomic E-state index is 12.7. The van der Waals surface area contributed by atoms with Crippen LogP contribution in [0.5, 0.6) is 5.75 Å². The van der Waals surface area contributed by atoms with Gasteiger partial charge in [0, 0.05) is 30.4 Å². The number of carbonyl (C=O) groups excluding carboxylic acids is 1. The van der Waals surface area contributed by atoms with Crippen molar-refractivity contribution in [3.05, 3.63) is 82.1 Å². The van der Waals surface area contributed by atoms with E-state index in [4.69, 9.17) is 16.3 Å². The smallest absolute Gasteiger partial charge is 0.253 e. The number of carbonyl (C=O) groups is 1. The molecule has 0 saturated carbocycles. The fourth-order valence-corrected chi connectivity index (χ4v) is 3.05. The van der Waals surface area contributed by atoms with Crippen molar-refractivity contribution in [2.24, 2.45) is 0 Å². The van der Waals surface area contributed by atoms with Gasteiger partial charge in [-0.25, -0.2) is 0 Å². The van der Waals surface area contributed by atoms with Crippen LogP contribution in [0.3, 0.4) is 0 Å². The molecular formula is C22H24ClN3O2. The Morgan fingerprint density at radius 2 is 1.93 bits per heavy atom. The Hall–Kier alpha value is -2.79. The van der Waals surface area contributed by atoms with E-state index >= 15 is 0 Å². The first-order valence-corrected chi connectivity index (χ1v) is 9.59. The summed E-state index contributed by atoms with van der Waals surface area (Å²) in [5.74, 6) is 0.749. The zero-order valence-electron chi connectivity index (χ0n) is 16.4. The number of halogens is 1. The van der Waals surface area contributed by atoms with Gasteiger partial charge in [0.25, 0.3) is 5.91 Å². The molecule has 0 spiro atoms. The summed E-state index contributed by atoms with van der Waals surface area (Å²) in [7, 11) is 1.80. The number of aryl methyl sites for hydroxylation is 2. The molecular weight excluding hydrogens is 374 g/mol. The number of rotatable bonds is 7. The highest BCUT2D eigenvalue weighted by molar-refractivity contribution is 6.31. The van der Waals surface area contributed by atoms with E-state index in [1.807, 2.05) is 67.1 Å². The highest BCUT2D eigenvalue weighted by atomic mass is 35.5. The molecule has 3 rings (SSSR count). The Morgan fingerprint density at radius 3 is 2.61 bits per heavy atom. The number of amides is 1. The number of nitrogens with zero attached hydrogens (tertiary/aromatic N) is 3. The molecule has 1 aromatic heterocycles. The quantitative estimate of drug-likeness (QED) is 0.579. The molecule has 0 aliphatic rings. The molecule has 6 heteroatoms. The third kappa shape index (κ3) is 4.73. The molecule has 146 valence electrons. The van der Waals surface area contributed by atoms with Gasteiger partial charge >= 0.3 is 0 Å². The molecule has 28 heavy (non-hydrogen) atoms. The van der Waals surface area contributed by atoms with Crippen molar-refractivity contribution in [2.45, 2.75) is 33.5 Å². The molecule has 0 aliphatic carbocycles. The summed E-state index contributed by atoms with van der Waals surface area (Å²) in [6.45, 7) is 5.71. The van der Waals surface area contributed by atoms with Crippen LogP contribution in [0.2, 0.25) is 5.02 Å². The van der Waals surface area contributed by atoms with Crippen LogP contribution in [0.1, 0.15) is 34.1 Å². The predicted octanol–water partition coefficient (Wildman–Crippen LogP) is 4.72. The Morgan fingerprint density at radius 1 is 1.18 bits per heavy atom. The van der Waals surface area contributed by atoms with E-state index in [2.05, 4.69) is 5.10 Å². The highest BCUT2D eigenvalue weighted by Gasteiger charge is 2.14. The van der Waals surface area contributed by atoms with Crippen LogP contribution < -0.4 is 4.74 Å². The zero-order chi connectivity index (χ0) is 20.1. The summed E-state index contributed by atoms with van der Waals surface area (Å²) >= 11 is 6.04. The molecule has 5 nitrogen and oxygen atoms in total. The molecule has 2 aromatic carbocycles. The van der Waals surface area contributed by atoms with E-state index in [0.29, 0.717) is 18.7 Å². The third-order valence-electron chi connectivity index (χ3n) is 4.59. The molecule has 0 atom stereocenters. The fourth-order valence-electron chi connectivity index (χ4n) is 2.93. The number of benzene rings is 2. The van der Waals surface area contributed by atoms with Gasteiger partial charge in [-0.05, 0) is 61.4 Å². The second-order valence-electron chi connectivity index (χ2n) is 6.70. The maximum absolute atomic E-state index is 12.7. The summed E-state index contributed by atoms with van der Waals surface area (Å²) in [5, 5.41) is 4.97. The fraction of sp³-hybridized carbons (Fsp3) is 0.273. The highest BCUT2D eigenvalue weighted by Crippen LogP contribution is 2.22. The Kier molecular flexibility index (Phi) is 6.37. The van der Waals surface area contributed by atoms with E-state index in [9.17, 15) is 4.79 Å². The molecule has 0 radical (unpaired) electrons. The van der Waals surface area contributed by atoms with Crippen molar-refractivity contribution in [1.82, 2.24) is 14.7 Å². The van der Waals surface area contributed by atoms with Crippen molar-refractivity contribution in [3.63, 3.8) is 0 Å². The van der Waals surface area contributed by atoms with Crippen LogP contribution in [-0.2, 0) is 19.7 Å². The average Bonchev–Trinajstić information content (AvgIpc) is 3.15.